The lowest BCUT2D eigenvalue weighted by Gasteiger charge is -2.39. The zero-order chi connectivity index (χ0) is 12.5. The summed E-state index contributed by atoms with van der Waals surface area (Å²) in [7, 11) is 0. The maximum Gasteiger partial charge on any atom is 0.328 e. The van der Waals surface area contributed by atoms with E-state index in [0.29, 0.717) is 0 Å². The molecule has 5 nitrogen and oxygen atoms in total. The summed E-state index contributed by atoms with van der Waals surface area (Å²) in [5.41, 5.74) is -1.34. The lowest BCUT2D eigenvalue weighted by molar-refractivity contribution is -0.146. The summed E-state index contributed by atoms with van der Waals surface area (Å²) >= 11 is 3.25. The normalized spacial score (nSPS) is 21.4. The smallest absolute Gasteiger partial charge is 0.277 e. The quantitative estimate of drug-likeness (QED) is 0.461. The van der Waals surface area contributed by atoms with E-state index in [1.165, 1.54) is 6.08 Å². The summed E-state index contributed by atoms with van der Waals surface area (Å²) in [5.74, 6) is -1.47. The molecule has 88 valence electrons. The number of amides is 4. The van der Waals surface area contributed by atoms with Gasteiger partial charge in [0.05, 0.1) is 4.83 Å². The highest BCUT2D eigenvalue weighted by atomic mass is 79.9. The number of carbonyl (C=O) groups excluding carboxylic acids is 3. The Morgan fingerprint density at radius 2 is 1.69 bits per heavy atom. The highest BCUT2D eigenvalue weighted by molar-refractivity contribution is 9.09. The van der Waals surface area contributed by atoms with Crippen LogP contribution in [0, 0.1) is 11.3 Å². The van der Waals surface area contributed by atoms with Crippen molar-refractivity contribution in [2.45, 2.75) is 18.7 Å². The van der Waals surface area contributed by atoms with Crippen molar-refractivity contribution in [1.82, 2.24) is 10.6 Å². The second kappa shape index (κ2) is 4.37. The summed E-state index contributed by atoms with van der Waals surface area (Å²) in [5, 5.41) is 4.22. The Morgan fingerprint density at radius 3 is 2.00 bits per heavy atom. The first kappa shape index (κ1) is 12.9. The molecule has 1 saturated heterocycles. The summed E-state index contributed by atoms with van der Waals surface area (Å²) < 4.78 is 0. The molecule has 2 N–H and O–H groups in total. The Bertz CT molecular complexity index is 345. The first-order chi connectivity index (χ1) is 7.37. The van der Waals surface area contributed by atoms with Crippen molar-refractivity contribution in [2.24, 2.45) is 11.3 Å². The first-order valence-corrected chi connectivity index (χ1v) is 5.72. The maximum absolute atomic E-state index is 11.9. The molecule has 0 aromatic rings. The van der Waals surface area contributed by atoms with Crippen molar-refractivity contribution in [1.29, 1.82) is 0 Å². The lowest BCUT2D eigenvalue weighted by atomic mass is 9.72. The average Bonchev–Trinajstić information content (AvgIpc) is 2.15. The number of alkyl halides is 1. The minimum Gasteiger partial charge on any atom is -0.277 e. The van der Waals surface area contributed by atoms with E-state index in [9.17, 15) is 14.4 Å². The topological polar surface area (TPSA) is 75.3 Å². The van der Waals surface area contributed by atoms with Crippen LogP contribution in [0.2, 0.25) is 0 Å². The van der Waals surface area contributed by atoms with Crippen molar-refractivity contribution in [3.05, 3.63) is 12.7 Å². The molecule has 0 aromatic heterocycles. The van der Waals surface area contributed by atoms with Gasteiger partial charge in [0.15, 0.2) is 0 Å². The van der Waals surface area contributed by atoms with Crippen molar-refractivity contribution < 1.29 is 14.4 Å². The van der Waals surface area contributed by atoms with Crippen LogP contribution < -0.4 is 10.6 Å². The SMILES string of the molecule is C=CC(Br)C1(C(C)C)C(=O)NC(=O)NC1=O. The van der Waals surface area contributed by atoms with E-state index in [1.807, 2.05) is 0 Å². The van der Waals surface area contributed by atoms with Crippen LogP contribution >= 0.6 is 15.9 Å². The predicted octanol–water partition coefficient (Wildman–Crippen LogP) is 0.944. The molecule has 0 saturated carbocycles. The highest BCUT2D eigenvalue weighted by Gasteiger charge is 2.56. The minimum absolute atomic E-state index is 0.275. The van der Waals surface area contributed by atoms with E-state index >= 15 is 0 Å². The molecule has 0 aromatic carbocycles. The molecule has 16 heavy (non-hydrogen) atoms. The van der Waals surface area contributed by atoms with Crippen molar-refractivity contribution in [2.75, 3.05) is 0 Å². The maximum atomic E-state index is 11.9. The molecule has 0 aliphatic carbocycles. The number of imide groups is 2. The number of urea groups is 1. The number of hydrogen-bond acceptors (Lipinski definition) is 3. The molecule has 1 heterocycles. The molecule has 1 aliphatic heterocycles. The van der Waals surface area contributed by atoms with Gasteiger partial charge in [0.25, 0.3) is 0 Å². The zero-order valence-electron chi connectivity index (χ0n) is 9.04. The van der Waals surface area contributed by atoms with Crippen LogP contribution in [-0.4, -0.2) is 22.7 Å². The first-order valence-electron chi connectivity index (χ1n) is 4.80. The summed E-state index contributed by atoms with van der Waals surface area (Å²) in [6.07, 6.45) is 1.47. The third-order valence-corrected chi connectivity index (χ3v) is 3.85. The van der Waals surface area contributed by atoms with Gasteiger partial charge in [0.2, 0.25) is 11.8 Å². The van der Waals surface area contributed by atoms with Crippen molar-refractivity contribution in [3.63, 3.8) is 0 Å². The fourth-order valence-corrected chi connectivity index (χ4v) is 2.77. The lowest BCUT2D eigenvalue weighted by Crippen LogP contribution is -2.67. The van der Waals surface area contributed by atoms with Gasteiger partial charge in [-0.25, -0.2) is 4.79 Å². The molecule has 0 radical (unpaired) electrons. The Kier molecular flexibility index (Phi) is 3.52. The predicted molar refractivity (Wildman–Crippen MR) is 61.9 cm³/mol. The third-order valence-electron chi connectivity index (χ3n) is 2.76. The van der Waals surface area contributed by atoms with Crippen LogP contribution in [0.1, 0.15) is 13.8 Å². The molecule has 0 spiro atoms. The number of hydrogen-bond donors (Lipinski definition) is 2. The van der Waals surface area contributed by atoms with Crippen molar-refractivity contribution >= 4 is 33.8 Å². The number of allylic oxidation sites excluding steroid dienone is 1. The average molecular weight is 289 g/mol. The van der Waals surface area contributed by atoms with E-state index in [1.54, 1.807) is 13.8 Å². The zero-order valence-corrected chi connectivity index (χ0v) is 10.6. The van der Waals surface area contributed by atoms with E-state index < -0.39 is 28.1 Å². The van der Waals surface area contributed by atoms with Gasteiger partial charge in [-0.05, 0) is 5.92 Å². The summed E-state index contributed by atoms with van der Waals surface area (Å²) in [6, 6.07) is -0.782. The molecule has 1 atom stereocenters. The van der Waals surface area contributed by atoms with E-state index in [0.717, 1.165) is 0 Å². The Balaban J connectivity index is 3.28. The van der Waals surface area contributed by atoms with Crippen LogP contribution in [0.15, 0.2) is 12.7 Å². The number of carbonyl (C=O) groups is 3. The molecule has 1 rings (SSSR count). The second-order valence-electron chi connectivity index (χ2n) is 3.90. The second-order valence-corrected chi connectivity index (χ2v) is 4.89. The standard InChI is InChI=1S/C10H13BrN2O3/c1-4-6(11)10(5(2)3)7(14)12-9(16)13-8(10)15/h4-6H,1H2,2-3H3,(H2,12,13,14,15,16). The molecule has 0 bridgehead atoms. The number of barbiturate groups is 1. The molecule has 1 unspecified atom stereocenters. The Hall–Kier alpha value is -1.17. The van der Waals surface area contributed by atoms with Crippen LogP contribution in [0.5, 0.6) is 0 Å². The van der Waals surface area contributed by atoms with Gasteiger partial charge < -0.3 is 0 Å². The van der Waals surface area contributed by atoms with E-state index in [2.05, 4.69) is 33.1 Å². The molecule has 6 heteroatoms. The summed E-state index contributed by atoms with van der Waals surface area (Å²) in [4.78, 5) is 34.3. The van der Waals surface area contributed by atoms with Gasteiger partial charge in [-0.3, -0.25) is 20.2 Å². The fourth-order valence-electron chi connectivity index (χ4n) is 1.83. The van der Waals surface area contributed by atoms with Crippen LogP contribution in [0.4, 0.5) is 4.79 Å². The number of halogens is 1. The van der Waals surface area contributed by atoms with Crippen molar-refractivity contribution in [3.8, 4) is 0 Å². The molecular weight excluding hydrogens is 276 g/mol. The number of nitrogens with one attached hydrogen (secondary N) is 2. The monoisotopic (exact) mass is 288 g/mol. The molecule has 1 fully saturated rings. The van der Waals surface area contributed by atoms with Gasteiger partial charge in [0, 0.05) is 0 Å². The minimum atomic E-state index is -1.34. The van der Waals surface area contributed by atoms with Crippen LogP contribution in [-0.2, 0) is 9.59 Å². The van der Waals surface area contributed by atoms with Crippen LogP contribution in [0.3, 0.4) is 0 Å². The fraction of sp³-hybridized carbons (Fsp3) is 0.500. The third kappa shape index (κ3) is 1.67. The van der Waals surface area contributed by atoms with Crippen LogP contribution in [0.25, 0.3) is 0 Å². The van der Waals surface area contributed by atoms with Gasteiger partial charge in [-0.1, -0.05) is 35.9 Å². The van der Waals surface area contributed by atoms with Gasteiger partial charge in [-0.2, -0.15) is 0 Å². The molecular formula is C10H13BrN2O3. The Labute approximate surface area is 102 Å². The van der Waals surface area contributed by atoms with Gasteiger partial charge in [-0.15, -0.1) is 6.58 Å². The van der Waals surface area contributed by atoms with E-state index in [-0.39, 0.29) is 5.92 Å². The largest absolute Gasteiger partial charge is 0.328 e. The highest BCUT2D eigenvalue weighted by Crippen LogP contribution is 2.38. The number of rotatable bonds is 3. The van der Waals surface area contributed by atoms with Gasteiger partial charge >= 0.3 is 6.03 Å². The van der Waals surface area contributed by atoms with E-state index in [4.69, 9.17) is 0 Å². The molecule has 1 aliphatic rings. The van der Waals surface area contributed by atoms with Gasteiger partial charge in [0.1, 0.15) is 5.41 Å². The summed E-state index contributed by atoms with van der Waals surface area (Å²) in [6.45, 7) is 7.04. The molecule has 4 amide bonds. The Morgan fingerprint density at radius 1 is 1.25 bits per heavy atom.